The number of allylic oxidation sites excluding steroid dienone is 1. The molecule has 3 heterocycles. The number of para-hydroxylation sites is 1. The number of esters is 1. The SMILES string of the molecule is C=CCCCOC(=O)[C@@H]1[C@@H]2CCC3(O2)C(C(=O)N(CC=C)c2c(C)cccc2Cl)N([C@@H](CO)CC(C)C)C(=O)[C@H]13. The predicted molar refractivity (Wildman–Crippen MR) is 154 cm³/mol. The molecule has 1 aromatic carbocycles. The van der Waals surface area contributed by atoms with E-state index in [9.17, 15) is 19.5 Å². The van der Waals surface area contributed by atoms with Gasteiger partial charge in [-0.1, -0.05) is 49.7 Å². The summed E-state index contributed by atoms with van der Waals surface area (Å²) < 4.78 is 12.1. The van der Waals surface area contributed by atoms with Crippen molar-refractivity contribution in [2.45, 2.75) is 76.7 Å². The third-order valence-corrected chi connectivity index (χ3v) is 8.73. The van der Waals surface area contributed by atoms with Gasteiger partial charge in [-0.25, -0.2) is 0 Å². The highest BCUT2D eigenvalue weighted by atomic mass is 35.5. The molecule has 0 aromatic heterocycles. The van der Waals surface area contributed by atoms with Gasteiger partial charge in [-0.15, -0.1) is 13.2 Å². The van der Waals surface area contributed by atoms with Crippen LogP contribution in [0.25, 0.3) is 0 Å². The Hall–Kier alpha value is -2.68. The Balaban J connectivity index is 1.79. The fourth-order valence-corrected chi connectivity index (χ4v) is 7.21. The molecule has 3 aliphatic rings. The van der Waals surface area contributed by atoms with E-state index in [1.54, 1.807) is 23.1 Å². The molecule has 1 N–H and O–H groups in total. The van der Waals surface area contributed by atoms with Gasteiger partial charge in [0, 0.05) is 6.54 Å². The fraction of sp³-hybridized carbons (Fsp3) is 0.581. The fourth-order valence-electron chi connectivity index (χ4n) is 6.88. The van der Waals surface area contributed by atoms with Gasteiger partial charge in [0.15, 0.2) is 0 Å². The lowest BCUT2D eigenvalue weighted by Crippen LogP contribution is -2.59. The number of aliphatic hydroxyl groups is 1. The standard InChI is InChI=1S/C31H41ClN2O6/c1-6-8-9-16-39-30(38)24-23-13-14-31(40-23)25(24)28(36)34(21(18-35)17-19(3)4)27(31)29(37)33(15-7-2)26-20(5)11-10-12-22(26)32/h6-7,10-12,19,21,23-25,27,35H,1-2,8-9,13-18H2,3-5H3/t21-,23+,24-,25+,27?,31?/m1/s1. The van der Waals surface area contributed by atoms with Crippen molar-refractivity contribution in [3.8, 4) is 0 Å². The van der Waals surface area contributed by atoms with Crippen molar-refractivity contribution in [2.75, 3.05) is 24.7 Å². The zero-order valence-electron chi connectivity index (χ0n) is 23.7. The number of carbonyl (C=O) groups excluding carboxylic acids is 3. The van der Waals surface area contributed by atoms with E-state index >= 15 is 0 Å². The first-order chi connectivity index (χ1) is 19.1. The molecule has 3 aliphatic heterocycles. The van der Waals surface area contributed by atoms with Crippen molar-refractivity contribution < 1.29 is 29.0 Å². The van der Waals surface area contributed by atoms with Crippen LogP contribution in [0, 0.1) is 24.7 Å². The monoisotopic (exact) mass is 572 g/mol. The van der Waals surface area contributed by atoms with Crippen molar-refractivity contribution in [1.29, 1.82) is 0 Å². The summed E-state index contributed by atoms with van der Waals surface area (Å²) in [6.45, 7) is 13.5. The highest BCUT2D eigenvalue weighted by molar-refractivity contribution is 6.34. The van der Waals surface area contributed by atoms with Gasteiger partial charge in [-0.05, 0) is 56.6 Å². The topological polar surface area (TPSA) is 96.4 Å². The average Bonchev–Trinajstić information content (AvgIpc) is 3.56. The van der Waals surface area contributed by atoms with Crippen LogP contribution >= 0.6 is 11.6 Å². The zero-order valence-corrected chi connectivity index (χ0v) is 24.4. The van der Waals surface area contributed by atoms with Crippen molar-refractivity contribution in [3.05, 3.63) is 54.1 Å². The van der Waals surface area contributed by atoms with Gasteiger partial charge in [0.1, 0.15) is 11.6 Å². The smallest absolute Gasteiger partial charge is 0.312 e. The van der Waals surface area contributed by atoms with Crippen LogP contribution in [0.15, 0.2) is 43.5 Å². The van der Waals surface area contributed by atoms with E-state index in [2.05, 4.69) is 13.2 Å². The van der Waals surface area contributed by atoms with E-state index in [1.165, 1.54) is 4.90 Å². The highest BCUT2D eigenvalue weighted by Gasteiger charge is 2.75. The Morgan fingerprint density at radius 3 is 2.70 bits per heavy atom. The van der Waals surface area contributed by atoms with Gasteiger partial charge in [-0.3, -0.25) is 14.4 Å². The molecule has 218 valence electrons. The number of likely N-dealkylation sites (tertiary alicyclic amines) is 1. The molecule has 3 fully saturated rings. The molecule has 1 spiro atoms. The van der Waals surface area contributed by atoms with E-state index in [1.807, 2.05) is 32.9 Å². The highest BCUT2D eigenvalue weighted by Crippen LogP contribution is 2.59. The van der Waals surface area contributed by atoms with Crippen LogP contribution in [-0.2, 0) is 23.9 Å². The van der Waals surface area contributed by atoms with Crippen LogP contribution in [0.1, 0.15) is 51.5 Å². The van der Waals surface area contributed by atoms with Crippen LogP contribution in [0.4, 0.5) is 5.69 Å². The van der Waals surface area contributed by atoms with Crippen LogP contribution in [0.3, 0.4) is 0 Å². The van der Waals surface area contributed by atoms with E-state index in [0.29, 0.717) is 42.8 Å². The van der Waals surface area contributed by atoms with Crippen molar-refractivity contribution in [1.82, 2.24) is 4.90 Å². The van der Waals surface area contributed by atoms with Gasteiger partial charge in [0.25, 0.3) is 5.91 Å². The van der Waals surface area contributed by atoms with Crippen LogP contribution in [-0.4, -0.2) is 71.3 Å². The van der Waals surface area contributed by atoms with Crippen molar-refractivity contribution in [3.63, 3.8) is 0 Å². The molecule has 1 aromatic rings. The molecule has 6 atom stereocenters. The van der Waals surface area contributed by atoms with Crippen LogP contribution < -0.4 is 4.90 Å². The largest absolute Gasteiger partial charge is 0.465 e. The number of hydrogen-bond donors (Lipinski definition) is 1. The van der Waals surface area contributed by atoms with Gasteiger partial charge >= 0.3 is 5.97 Å². The van der Waals surface area contributed by atoms with Gasteiger partial charge in [0.05, 0.1) is 47.9 Å². The van der Waals surface area contributed by atoms with Crippen molar-refractivity contribution in [2.24, 2.45) is 17.8 Å². The molecule has 2 unspecified atom stereocenters. The Morgan fingerprint density at radius 1 is 1.32 bits per heavy atom. The van der Waals surface area contributed by atoms with Gasteiger partial charge < -0.3 is 24.4 Å². The van der Waals surface area contributed by atoms with Gasteiger partial charge in [0.2, 0.25) is 5.91 Å². The van der Waals surface area contributed by atoms with E-state index in [-0.39, 0.29) is 37.5 Å². The molecule has 3 saturated heterocycles. The minimum Gasteiger partial charge on any atom is -0.465 e. The Morgan fingerprint density at radius 2 is 2.08 bits per heavy atom. The van der Waals surface area contributed by atoms with Crippen LogP contribution in [0.5, 0.6) is 0 Å². The molecule has 0 radical (unpaired) electrons. The maximum Gasteiger partial charge on any atom is 0.312 e. The first-order valence-corrected chi connectivity index (χ1v) is 14.6. The summed E-state index contributed by atoms with van der Waals surface area (Å²) in [4.78, 5) is 45.4. The normalized spacial score (nSPS) is 27.6. The maximum atomic E-state index is 14.7. The number of fused-ring (bicyclic) bond motifs is 1. The van der Waals surface area contributed by atoms with Crippen LogP contribution in [0.2, 0.25) is 5.02 Å². The predicted octanol–water partition coefficient (Wildman–Crippen LogP) is 4.46. The summed E-state index contributed by atoms with van der Waals surface area (Å²) in [5.41, 5.74) is 0.130. The molecular formula is C31H41ClN2O6. The number of hydrogen-bond acceptors (Lipinski definition) is 6. The first-order valence-electron chi connectivity index (χ1n) is 14.2. The number of benzene rings is 1. The quantitative estimate of drug-likeness (QED) is 0.213. The number of anilines is 1. The zero-order chi connectivity index (χ0) is 29.2. The van der Waals surface area contributed by atoms with E-state index in [4.69, 9.17) is 21.1 Å². The Labute approximate surface area is 241 Å². The second-order valence-electron chi connectivity index (χ2n) is 11.5. The second kappa shape index (κ2) is 12.5. The number of halogens is 1. The molecule has 9 heteroatoms. The van der Waals surface area contributed by atoms with E-state index < -0.39 is 41.6 Å². The number of ether oxygens (including phenoxy) is 2. The lowest BCUT2D eigenvalue weighted by molar-refractivity contribution is -0.156. The number of aryl methyl sites for hydroxylation is 1. The molecule has 2 amide bonds. The number of carbonyl (C=O) groups is 3. The Bertz CT molecular complexity index is 1130. The summed E-state index contributed by atoms with van der Waals surface area (Å²) in [6, 6.07) is 3.74. The molecular weight excluding hydrogens is 532 g/mol. The minimum absolute atomic E-state index is 0.150. The van der Waals surface area contributed by atoms with E-state index in [0.717, 1.165) is 5.56 Å². The summed E-state index contributed by atoms with van der Waals surface area (Å²) >= 11 is 6.61. The summed E-state index contributed by atoms with van der Waals surface area (Å²) in [7, 11) is 0. The number of rotatable bonds is 13. The lowest BCUT2D eigenvalue weighted by Gasteiger charge is -2.40. The number of aliphatic hydroxyl groups excluding tert-OH is 1. The third-order valence-electron chi connectivity index (χ3n) is 8.42. The molecule has 0 saturated carbocycles. The molecule has 40 heavy (non-hydrogen) atoms. The molecule has 8 nitrogen and oxygen atoms in total. The minimum atomic E-state index is -1.21. The number of unbranched alkanes of at least 4 members (excludes halogenated alkanes) is 1. The lowest BCUT2D eigenvalue weighted by atomic mass is 9.70. The molecule has 2 bridgehead atoms. The first kappa shape index (κ1) is 30.3. The summed E-state index contributed by atoms with van der Waals surface area (Å²) in [5, 5.41) is 10.9. The van der Waals surface area contributed by atoms with Crippen molar-refractivity contribution >= 4 is 35.1 Å². The maximum absolute atomic E-state index is 14.7. The number of amides is 2. The summed E-state index contributed by atoms with van der Waals surface area (Å²) in [6.07, 6.45) is 5.69. The van der Waals surface area contributed by atoms with Gasteiger partial charge in [-0.2, -0.15) is 0 Å². The molecule has 4 rings (SSSR count). The third kappa shape index (κ3) is 5.21. The average molecular weight is 573 g/mol. The number of nitrogens with zero attached hydrogens (tertiary/aromatic N) is 2. The molecule has 0 aliphatic carbocycles. The Kier molecular flexibility index (Phi) is 9.43. The second-order valence-corrected chi connectivity index (χ2v) is 11.9. The summed E-state index contributed by atoms with van der Waals surface area (Å²) in [5.74, 6) is -2.71.